The first-order valence-corrected chi connectivity index (χ1v) is 9.69. The van der Waals surface area contributed by atoms with Gasteiger partial charge in [0, 0.05) is 24.7 Å². The quantitative estimate of drug-likeness (QED) is 0.721. The molecule has 4 atom stereocenters. The molecule has 2 bridgehead atoms. The van der Waals surface area contributed by atoms with Crippen LogP contribution in [0.3, 0.4) is 0 Å². The van der Waals surface area contributed by atoms with Gasteiger partial charge >= 0.3 is 0 Å². The second-order valence-electron chi connectivity index (χ2n) is 7.90. The summed E-state index contributed by atoms with van der Waals surface area (Å²) in [5.41, 5.74) is 1.80. The number of phenols is 1. The topological polar surface area (TPSA) is 74.4 Å². The fourth-order valence-corrected chi connectivity index (χ4v) is 4.59. The number of hydrogen-bond acceptors (Lipinski definition) is 6. The van der Waals surface area contributed by atoms with Gasteiger partial charge in [0.05, 0.1) is 29.5 Å². The predicted octanol–water partition coefficient (Wildman–Crippen LogP) is 3.57. The summed E-state index contributed by atoms with van der Waals surface area (Å²) in [4.78, 5) is 10.9. The molecule has 2 aliphatic rings. The van der Waals surface area contributed by atoms with E-state index in [4.69, 9.17) is 4.42 Å². The molecule has 2 N–H and O–H groups in total. The third-order valence-electron chi connectivity index (χ3n) is 6.12. The predicted molar refractivity (Wildman–Crippen MR) is 105 cm³/mol. The number of anilines is 1. The van der Waals surface area contributed by atoms with Gasteiger partial charge in [0.15, 0.2) is 0 Å². The Kier molecular flexibility index (Phi) is 4.01. The minimum absolute atomic E-state index is 0.0551. The number of hydrogen-bond donors (Lipinski definition) is 2. The van der Waals surface area contributed by atoms with E-state index in [2.05, 4.69) is 15.3 Å². The van der Waals surface area contributed by atoms with Crippen LogP contribution >= 0.6 is 0 Å². The number of piperidine rings is 1. The normalized spacial score (nSPS) is 26.7. The third kappa shape index (κ3) is 2.73. The summed E-state index contributed by atoms with van der Waals surface area (Å²) >= 11 is 0. The van der Waals surface area contributed by atoms with Gasteiger partial charge in [-0.1, -0.05) is 0 Å². The van der Waals surface area contributed by atoms with Gasteiger partial charge < -0.3 is 19.7 Å². The van der Waals surface area contributed by atoms with E-state index in [0.717, 1.165) is 25.0 Å². The van der Waals surface area contributed by atoms with Crippen LogP contribution in [0.5, 0.6) is 5.75 Å². The number of fused-ring (bicyclic) bond motifs is 3. The summed E-state index contributed by atoms with van der Waals surface area (Å²) in [7, 11) is 1.88. The average molecular weight is 382 g/mol. The van der Waals surface area contributed by atoms with Crippen LogP contribution in [0.4, 0.5) is 10.2 Å². The molecule has 2 fully saturated rings. The van der Waals surface area contributed by atoms with Gasteiger partial charge in [-0.3, -0.25) is 4.98 Å². The lowest BCUT2D eigenvalue weighted by atomic mass is 9.96. The van der Waals surface area contributed by atoms with Crippen molar-refractivity contribution in [3.05, 3.63) is 36.4 Å². The van der Waals surface area contributed by atoms with E-state index in [0.29, 0.717) is 34.1 Å². The Labute approximate surface area is 162 Å². The van der Waals surface area contributed by atoms with Crippen LogP contribution in [-0.2, 0) is 0 Å². The van der Waals surface area contributed by atoms with E-state index in [9.17, 15) is 9.50 Å². The molecular formula is C21H23FN4O2. The molecule has 6 nitrogen and oxygen atoms in total. The van der Waals surface area contributed by atoms with Crippen molar-refractivity contribution in [2.24, 2.45) is 0 Å². The smallest absolute Gasteiger partial charge is 0.147 e. The Balaban J connectivity index is 1.42. The zero-order valence-electron chi connectivity index (χ0n) is 15.9. The van der Waals surface area contributed by atoms with Crippen molar-refractivity contribution in [2.45, 2.75) is 50.5 Å². The van der Waals surface area contributed by atoms with Gasteiger partial charge in [0.25, 0.3) is 0 Å². The van der Waals surface area contributed by atoms with E-state index >= 15 is 0 Å². The van der Waals surface area contributed by atoms with Gasteiger partial charge in [-0.05, 0) is 44.4 Å². The molecule has 4 heterocycles. The number of alkyl halides is 1. The Morgan fingerprint density at radius 2 is 2.11 bits per heavy atom. The zero-order valence-corrected chi connectivity index (χ0v) is 15.9. The summed E-state index contributed by atoms with van der Waals surface area (Å²) in [6, 6.07) is 5.53. The van der Waals surface area contributed by atoms with Crippen LogP contribution in [0, 0.1) is 6.92 Å². The molecule has 0 spiro atoms. The van der Waals surface area contributed by atoms with Crippen molar-refractivity contribution in [1.82, 2.24) is 15.3 Å². The molecule has 3 aromatic rings. The van der Waals surface area contributed by atoms with Crippen molar-refractivity contribution >= 4 is 16.8 Å². The first-order chi connectivity index (χ1) is 13.5. The number of phenolic OH excluding ortho intramolecular Hbond substituents is 1. The minimum Gasteiger partial charge on any atom is -0.506 e. The number of rotatable bonds is 3. The minimum atomic E-state index is -0.916. The lowest BCUT2D eigenvalue weighted by Crippen LogP contribution is -2.55. The molecule has 2 saturated heterocycles. The largest absolute Gasteiger partial charge is 0.506 e. The number of furan rings is 1. The monoisotopic (exact) mass is 382 g/mol. The van der Waals surface area contributed by atoms with Crippen molar-refractivity contribution in [2.75, 3.05) is 11.9 Å². The van der Waals surface area contributed by atoms with Gasteiger partial charge in [-0.15, -0.1) is 0 Å². The number of nitrogens with zero attached hydrogens (tertiary/aromatic N) is 3. The standard InChI is InChI=1S/C21H23FN4O2/c1-11-7-14-18(28-11)6-4-13(21(14)27)16-9-24-19(10-23-16)26(2)17-8-12-3-5-15(25-12)20(17)22/h4,6-7,9-10,12,15,17,20,25,27H,3,5,8H2,1-2H3/t12?,15?,17-,20+/m1/s1. The number of aryl methyl sites for hydroxylation is 1. The van der Waals surface area contributed by atoms with Gasteiger partial charge in [0.1, 0.15) is 29.1 Å². The number of nitrogens with one attached hydrogen (secondary N) is 1. The second kappa shape index (κ2) is 6.44. The molecule has 2 unspecified atom stereocenters. The summed E-state index contributed by atoms with van der Waals surface area (Å²) in [6.45, 7) is 1.84. The zero-order chi connectivity index (χ0) is 19.4. The van der Waals surface area contributed by atoms with Crippen molar-refractivity contribution < 1.29 is 13.9 Å². The van der Waals surface area contributed by atoms with Gasteiger partial charge in [-0.2, -0.15) is 0 Å². The molecule has 0 radical (unpaired) electrons. The fraction of sp³-hybridized carbons (Fsp3) is 0.429. The Morgan fingerprint density at radius 3 is 2.89 bits per heavy atom. The fourth-order valence-electron chi connectivity index (χ4n) is 4.59. The number of benzene rings is 1. The van der Waals surface area contributed by atoms with E-state index < -0.39 is 6.17 Å². The molecular weight excluding hydrogens is 359 g/mol. The molecule has 0 amide bonds. The van der Waals surface area contributed by atoms with Gasteiger partial charge in [-0.25, -0.2) is 9.37 Å². The lowest BCUT2D eigenvalue weighted by molar-refractivity contribution is 0.176. The van der Waals surface area contributed by atoms with Crippen LogP contribution in [0.15, 0.2) is 35.0 Å². The molecule has 5 rings (SSSR count). The van der Waals surface area contributed by atoms with Crippen LogP contribution in [0.25, 0.3) is 22.2 Å². The lowest BCUT2D eigenvalue weighted by Gasteiger charge is -2.38. The molecule has 0 aliphatic carbocycles. The number of aromatic hydroxyl groups is 1. The Bertz CT molecular complexity index is 1020. The number of aromatic nitrogens is 2. The summed E-state index contributed by atoms with van der Waals surface area (Å²) < 4.78 is 20.4. The maximum absolute atomic E-state index is 14.8. The average Bonchev–Trinajstić information content (AvgIpc) is 3.28. The Hall–Kier alpha value is -2.67. The van der Waals surface area contributed by atoms with Crippen LogP contribution in [-0.4, -0.2) is 46.4 Å². The highest BCUT2D eigenvalue weighted by atomic mass is 19.1. The highest BCUT2D eigenvalue weighted by Gasteiger charge is 2.43. The van der Waals surface area contributed by atoms with Crippen LogP contribution in [0.2, 0.25) is 0 Å². The molecule has 1 aromatic carbocycles. The van der Waals surface area contributed by atoms with Crippen molar-refractivity contribution in [3.8, 4) is 17.0 Å². The summed E-state index contributed by atoms with van der Waals surface area (Å²) in [5, 5.41) is 14.6. The first-order valence-electron chi connectivity index (χ1n) is 9.69. The highest BCUT2D eigenvalue weighted by Crippen LogP contribution is 2.37. The van der Waals surface area contributed by atoms with Crippen LogP contribution in [0.1, 0.15) is 25.0 Å². The van der Waals surface area contributed by atoms with Crippen molar-refractivity contribution in [3.63, 3.8) is 0 Å². The third-order valence-corrected chi connectivity index (χ3v) is 6.12. The number of halogens is 1. The second-order valence-corrected chi connectivity index (χ2v) is 7.90. The molecule has 7 heteroatoms. The van der Waals surface area contributed by atoms with Crippen molar-refractivity contribution in [1.29, 1.82) is 0 Å². The molecule has 28 heavy (non-hydrogen) atoms. The molecule has 2 aliphatic heterocycles. The van der Waals surface area contributed by atoms with E-state index in [1.54, 1.807) is 24.5 Å². The Morgan fingerprint density at radius 1 is 1.25 bits per heavy atom. The summed E-state index contributed by atoms with van der Waals surface area (Å²) in [5.74, 6) is 1.50. The van der Waals surface area contributed by atoms with Gasteiger partial charge in [0.2, 0.25) is 0 Å². The van der Waals surface area contributed by atoms with E-state index in [1.807, 2.05) is 24.9 Å². The molecule has 146 valence electrons. The maximum atomic E-state index is 14.8. The molecule has 2 aromatic heterocycles. The van der Waals surface area contributed by atoms with E-state index in [1.165, 1.54) is 0 Å². The summed E-state index contributed by atoms with van der Waals surface area (Å²) in [6.07, 6.45) is 5.07. The molecule has 0 saturated carbocycles. The highest BCUT2D eigenvalue weighted by molar-refractivity contribution is 5.91. The van der Waals surface area contributed by atoms with Crippen LogP contribution < -0.4 is 10.2 Å². The first kappa shape index (κ1) is 17.4. The van der Waals surface area contributed by atoms with E-state index in [-0.39, 0.29) is 17.8 Å². The maximum Gasteiger partial charge on any atom is 0.147 e. The SMILES string of the molecule is Cc1cc2c(O)c(-c3cnc(N(C)[C@@H]4CC5CCC(N5)[C@@H]4F)cn3)ccc2o1.